The van der Waals surface area contributed by atoms with Crippen LogP contribution >= 0.6 is 11.6 Å². The molecule has 0 unspecified atom stereocenters. The van der Waals surface area contributed by atoms with Crippen molar-refractivity contribution in [3.05, 3.63) is 64.8 Å². The van der Waals surface area contributed by atoms with Crippen molar-refractivity contribution in [1.29, 1.82) is 0 Å². The number of aliphatic hydroxyl groups is 1. The zero-order valence-electron chi connectivity index (χ0n) is 20.1. The molecule has 2 aromatic carbocycles. The summed E-state index contributed by atoms with van der Waals surface area (Å²) in [7, 11) is 1.28. The number of hydrogen-bond donors (Lipinski definition) is 1. The highest BCUT2D eigenvalue weighted by Gasteiger charge is 2.41. The summed E-state index contributed by atoms with van der Waals surface area (Å²) in [5, 5.41) is 9.43. The standard InChI is InChI=1S/C24H20ClF5N4O5/c1-32-18(36)11-33(12-23(26,27)13-35)21(37)19-20(32)31-22(34(19)10-14-5-7-15(25)8-6-14)38-16-3-2-4-17(9-16)39-24(28,29)30/h2-9,35H,10-13H2,1H3. The predicted octanol–water partition coefficient (Wildman–Crippen LogP) is 4.32. The third-order valence-corrected chi connectivity index (χ3v) is 5.83. The molecule has 15 heteroatoms. The van der Waals surface area contributed by atoms with Gasteiger partial charge in [-0.05, 0) is 29.8 Å². The minimum absolute atomic E-state index is 0.119. The number of carbonyl (C=O) groups is 2. The molecule has 0 fully saturated rings. The van der Waals surface area contributed by atoms with E-state index in [1.54, 1.807) is 24.3 Å². The second-order valence-corrected chi connectivity index (χ2v) is 8.97. The second kappa shape index (κ2) is 10.7. The highest BCUT2D eigenvalue weighted by Crippen LogP contribution is 2.35. The summed E-state index contributed by atoms with van der Waals surface area (Å²) in [6.07, 6.45) is -4.96. The number of hydrogen-bond acceptors (Lipinski definition) is 6. The number of aliphatic hydroxyl groups excluding tert-OH is 1. The zero-order chi connectivity index (χ0) is 28.5. The molecule has 3 aromatic rings. The highest BCUT2D eigenvalue weighted by atomic mass is 35.5. The van der Waals surface area contributed by atoms with E-state index in [0.717, 1.165) is 17.0 Å². The van der Waals surface area contributed by atoms with Gasteiger partial charge in [0.25, 0.3) is 11.8 Å². The van der Waals surface area contributed by atoms with Crippen LogP contribution in [-0.4, -0.2) is 70.4 Å². The van der Waals surface area contributed by atoms with Crippen LogP contribution in [0.25, 0.3) is 0 Å². The summed E-state index contributed by atoms with van der Waals surface area (Å²) in [6.45, 7) is -3.64. The number of imidazole rings is 1. The maximum atomic E-state index is 14.1. The normalized spacial score (nSPS) is 14.4. The molecule has 0 radical (unpaired) electrons. The lowest BCUT2D eigenvalue weighted by atomic mass is 10.2. The number of alkyl halides is 5. The summed E-state index contributed by atoms with van der Waals surface area (Å²) in [5.74, 6) is -6.40. The van der Waals surface area contributed by atoms with E-state index in [1.165, 1.54) is 23.7 Å². The molecule has 1 N–H and O–H groups in total. The van der Waals surface area contributed by atoms with Gasteiger partial charge in [-0.1, -0.05) is 29.8 Å². The SMILES string of the molecule is CN1C(=O)CN(CC(F)(F)CO)C(=O)c2c1nc(Oc1cccc(OC(F)(F)F)c1)n2Cc1ccc(Cl)cc1. The number of halogens is 6. The first-order valence-corrected chi connectivity index (χ1v) is 11.6. The molecule has 39 heavy (non-hydrogen) atoms. The Hall–Kier alpha value is -3.91. The van der Waals surface area contributed by atoms with Gasteiger partial charge in [-0.25, -0.2) is 8.78 Å². The lowest BCUT2D eigenvalue weighted by molar-refractivity contribution is -0.274. The highest BCUT2D eigenvalue weighted by molar-refractivity contribution is 6.30. The molecule has 0 aliphatic carbocycles. The van der Waals surface area contributed by atoms with E-state index < -0.39 is 49.5 Å². The molecule has 0 spiro atoms. The number of amides is 2. The molecule has 2 heterocycles. The van der Waals surface area contributed by atoms with Gasteiger partial charge >= 0.3 is 12.4 Å². The average Bonchev–Trinajstić information content (AvgIpc) is 3.16. The molecular weight excluding hydrogens is 555 g/mol. The van der Waals surface area contributed by atoms with Crippen LogP contribution in [0.3, 0.4) is 0 Å². The number of anilines is 1. The molecule has 0 bridgehead atoms. The first-order valence-electron chi connectivity index (χ1n) is 11.2. The second-order valence-electron chi connectivity index (χ2n) is 8.53. The lowest BCUT2D eigenvalue weighted by Gasteiger charge is -2.25. The Morgan fingerprint density at radius 1 is 1.05 bits per heavy atom. The van der Waals surface area contributed by atoms with Gasteiger partial charge in [-0.2, -0.15) is 4.98 Å². The van der Waals surface area contributed by atoms with E-state index in [-0.39, 0.29) is 29.8 Å². The zero-order valence-corrected chi connectivity index (χ0v) is 20.8. The van der Waals surface area contributed by atoms with Crippen LogP contribution in [0.5, 0.6) is 17.5 Å². The number of aromatic nitrogens is 2. The lowest BCUT2D eigenvalue weighted by Crippen LogP contribution is -2.46. The van der Waals surface area contributed by atoms with Gasteiger partial charge in [0, 0.05) is 18.1 Å². The van der Waals surface area contributed by atoms with Crippen LogP contribution in [0.15, 0.2) is 48.5 Å². The van der Waals surface area contributed by atoms with Gasteiger partial charge in [-0.15, -0.1) is 13.2 Å². The van der Waals surface area contributed by atoms with E-state index in [4.69, 9.17) is 21.4 Å². The van der Waals surface area contributed by atoms with E-state index >= 15 is 0 Å². The fraction of sp³-hybridized carbons (Fsp3) is 0.292. The summed E-state index contributed by atoms with van der Waals surface area (Å²) >= 11 is 5.95. The van der Waals surface area contributed by atoms with Crippen molar-refractivity contribution in [1.82, 2.24) is 14.5 Å². The maximum absolute atomic E-state index is 14.1. The first-order chi connectivity index (χ1) is 18.3. The molecule has 0 saturated carbocycles. The van der Waals surface area contributed by atoms with Crippen molar-refractivity contribution in [3.8, 4) is 17.5 Å². The molecule has 1 aliphatic heterocycles. The van der Waals surface area contributed by atoms with Crippen LogP contribution in [-0.2, 0) is 11.3 Å². The Balaban J connectivity index is 1.81. The third kappa shape index (κ3) is 6.57. The predicted molar refractivity (Wildman–Crippen MR) is 127 cm³/mol. The quantitative estimate of drug-likeness (QED) is 0.403. The van der Waals surface area contributed by atoms with Gasteiger partial charge in [0.1, 0.15) is 24.7 Å². The van der Waals surface area contributed by atoms with Crippen molar-refractivity contribution in [3.63, 3.8) is 0 Å². The molecule has 1 aliphatic rings. The molecule has 2 amide bonds. The summed E-state index contributed by atoms with van der Waals surface area (Å²) < 4.78 is 77.0. The first kappa shape index (κ1) is 28.1. The Morgan fingerprint density at radius 2 is 1.72 bits per heavy atom. The Labute approximate surface area is 222 Å². The van der Waals surface area contributed by atoms with Crippen molar-refractivity contribution in [2.45, 2.75) is 18.8 Å². The van der Waals surface area contributed by atoms with Crippen molar-refractivity contribution >= 4 is 29.2 Å². The number of carbonyl (C=O) groups excluding carboxylic acids is 2. The topological polar surface area (TPSA) is 97.1 Å². The Kier molecular flexibility index (Phi) is 7.70. The molecule has 9 nitrogen and oxygen atoms in total. The van der Waals surface area contributed by atoms with E-state index in [2.05, 4.69) is 9.72 Å². The summed E-state index contributed by atoms with van der Waals surface area (Å²) in [4.78, 5) is 32.1. The van der Waals surface area contributed by atoms with Gasteiger partial charge in [0.05, 0.1) is 13.1 Å². The van der Waals surface area contributed by atoms with Crippen LogP contribution in [0, 0.1) is 0 Å². The van der Waals surface area contributed by atoms with Crippen LogP contribution in [0.1, 0.15) is 16.1 Å². The Morgan fingerprint density at radius 3 is 2.36 bits per heavy atom. The van der Waals surface area contributed by atoms with Crippen molar-refractivity contribution in [2.24, 2.45) is 0 Å². The number of benzene rings is 2. The number of rotatable bonds is 8. The minimum atomic E-state index is -4.96. The molecule has 0 atom stereocenters. The summed E-state index contributed by atoms with van der Waals surface area (Å²) in [5.41, 5.74) is 0.279. The molecule has 4 rings (SSSR count). The monoisotopic (exact) mass is 574 g/mol. The van der Waals surface area contributed by atoms with Gasteiger partial charge < -0.3 is 19.5 Å². The van der Waals surface area contributed by atoms with Gasteiger partial charge in [-0.3, -0.25) is 19.1 Å². The Bertz CT molecular complexity index is 1380. The number of likely N-dealkylation sites (N-methyl/N-ethyl adjacent to an activating group) is 1. The molecule has 0 saturated heterocycles. The van der Waals surface area contributed by atoms with Crippen LogP contribution < -0.4 is 14.4 Å². The largest absolute Gasteiger partial charge is 0.573 e. The third-order valence-electron chi connectivity index (χ3n) is 5.58. The smallest absolute Gasteiger partial charge is 0.425 e. The van der Waals surface area contributed by atoms with E-state index in [1.807, 2.05) is 0 Å². The van der Waals surface area contributed by atoms with Crippen LogP contribution in [0.4, 0.5) is 27.8 Å². The fourth-order valence-electron chi connectivity index (χ4n) is 3.77. The van der Waals surface area contributed by atoms with Crippen molar-refractivity contribution < 1.29 is 46.1 Å². The molecular formula is C24H20ClF5N4O5. The average molecular weight is 575 g/mol. The van der Waals surface area contributed by atoms with E-state index in [0.29, 0.717) is 15.5 Å². The fourth-order valence-corrected chi connectivity index (χ4v) is 3.89. The minimum Gasteiger partial charge on any atom is -0.425 e. The number of nitrogens with zero attached hydrogens (tertiary/aromatic N) is 4. The van der Waals surface area contributed by atoms with Crippen LogP contribution in [0.2, 0.25) is 5.02 Å². The molecule has 1 aromatic heterocycles. The maximum Gasteiger partial charge on any atom is 0.573 e. The van der Waals surface area contributed by atoms with E-state index in [9.17, 15) is 31.5 Å². The molecule has 208 valence electrons. The number of fused-ring (bicyclic) bond motifs is 1. The number of ether oxygens (including phenoxy) is 2. The van der Waals surface area contributed by atoms with Gasteiger partial charge in [0.15, 0.2) is 11.5 Å². The van der Waals surface area contributed by atoms with Gasteiger partial charge in [0.2, 0.25) is 5.91 Å². The van der Waals surface area contributed by atoms with Crippen molar-refractivity contribution in [2.75, 3.05) is 31.6 Å². The summed E-state index contributed by atoms with van der Waals surface area (Å²) in [6, 6.07) is 10.6.